The Labute approximate surface area is 370 Å². The Hall–Kier alpha value is -2.89. The number of esters is 3. The summed E-state index contributed by atoms with van der Waals surface area (Å²) in [6, 6.07) is 0. The first kappa shape index (κ1) is 57.1. The maximum Gasteiger partial charge on any atom is 0.306 e. The van der Waals surface area contributed by atoms with Gasteiger partial charge in [0.2, 0.25) is 0 Å². The van der Waals surface area contributed by atoms with Crippen molar-refractivity contribution in [3.63, 3.8) is 0 Å². The summed E-state index contributed by atoms with van der Waals surface area (Å²) in [6.45, 7) is 6.50. The normalized spacial score (nSPS) is 12.5. The molecule has 1 atom stereocenters. The van der Waals surface area contributed by atoms with Gasteiger partial charge in [-0.1, -0.05) is 197 Å². The van der Waals surface area contributed by atoms with Gasteiger partial charge in [-0.25, -0.2) is 0 Å². The van der Waals surface area contributed by atoms with Gasteiger partial charge in [0.15, 0.2) is 6.10 Å². The number of rotatable bonds is 45. The van der Waals surface area contributed by atoms with E-state index in [2.05, 4.69) is 81.5 Å². The molecule has 1 unspecified atom stereocenters. The van der Waals surface area contributed by atoms with E-state index in [1.165, 1.54) is 96.3 Å². The van der Waals surface area contributed by atoms with Crippen molar-refractivity contribution in [3.05, 3.63) is 60.8 Å². The van der Waals surface area contributed by atoms with Gasteiger partial charge in [-0.05, 0) is 89.9 Å². The maximum absolute atomic E-state index is 12.7. The van der Waals surface area contributed by atoms with Gasteiger partial charge in [0.25, 0.3) is 0 Å². The molecular formula is C54H94O6. The van der Waals surface area contributed by atoms with Crippen molar-refractivity contribution in [1.82, 2.24) is 0 Å². The van der Waals surface area contributed by atoms with Crippen LogP contribution in [0.25, 0.3) is 0 Å². The van der Waals surface area contributed by atoms with E-state index in [1.54, 1.807) is 0 Å². The number of unbranched alkanes of at least 4 members (excludes halogenated alkanes) is 24. The fourth-order valence-electron chi connectivity index (χ4n) is 6.89. The molecule has 6 heteroatoms. The summed E-state index contributed by atoms with van der Waals surface area (Å²) in [5, 5.41) is 0. The van der Waals surface area contributed by atoms with Gasteiger partial charge in [-0.15, -0.1) is 0 Å². The summed E-state index contributed by atoms with van der Waals surface area (Å²) in [7, 11) is 0. The molecule has 0 amide bonds. The van der Waals surface area contributed by atoms with Gasteiger partial charge >= 0.3 is 17.9 Å². The van der Waals surface area contributed by atoms with Crippen LogP contribution in [0, 0.1) is 0 Å². The van der Waals surface area contributed by atoms with Crippen LogP contribution in [0.3, 0.4) is 0 Å². The molecule has 0 bridgehead atoms. The third kappa shape index (κ3) is 46.2. The minimum absolute atomic E-state index is 0.0854. The largest absolute Gasteiger partial charge is 0.462 e. The van der Waals surface area contributed by atoms with Crippen LogP contribution in [0.4, 0.5) is 0 Å². The van der Waals surface area contributed by atoms with Gasteiger partial charge in [-0.2, -0.15) is 0 Å². The quantitative estimate of drug-likeness (QED) is 0.0263. The van der Waals surface area contributed by atoms with Crippen LogP contribution in [-0.4, -0.2) is 37.2 Å². The van der Waals surface area contributed by atoms with Crippen LogP contribution in [0.5, 0.6) is 0 Å². The van der Waals surface area contributed by atoms with Crippen LogP contribution >= 0.6 is 0 Å². The molecule has 6 nitrogen and oxygen atoms in total. The van der Waals surface area contributed by atoms with Crippen molar-refractivity contribution in [2.45, 2.75) is 252 Å². The molecule has 0 spiro atoms. The van der Waals surface area contributed by atoms with Crippen molar-refractivity contribution < 1.29 is 28.6 Å². The highest BCUT2D eigenvalue weighted by Gasteiger charge is 2.19. The average Bonchev–Trinajstić information content (AvgIpc) is 3.24. The average molecular weight is 839 g/mol. The lowest BCUT2D eigenvalue weighted by molar-refractivity contribution is -0.167. The minimum atomic E-state index is -0.782. The molecule has 0 aromatic carbocycles. The van der Waals surface area contributed by atoms with Crippen molar-refractivity contribution in [3.8, 4) is 0 Å². The number of hydrogen-bond donors (Lipinski definition) is 0. The first-order chi connectivity index (χ1) is 29.5. The molecule has 0 aliphatic carbocycles. The third-order valence-electron chi connectivity index (χ3n) is 10.7. The van der Waals surface area contributed by atoms with Crippen molar-refractivity contribution in [2.75, 3.05) is 13.2 Å². The summed E-state index contributed by atoms with van der Waals surface area (Å²) < 4.78 is 16.6. The number of ether oxygens (including phenoxy) is 3. The topological polar surface area (TPSA) is 78.9 Å². The summed E-state index contributed by atoms with van der Waals surface area (Å²) in [4.78, 5) is 37.6. The third-order valence-corrected chi connectivity index (χ3v) is 10.7. The van der Waals surface area contributed by atoms with Crippen molar-refractivity contribution >= 4 is 17.9 Å². The van der Waals surface area contributed by atoms with Crippen molar-refractivity contribution in [2.24, 2.45) is 0 Å². The van der Waals surface area contributed by atoms with Gasteiger partial charge in [0, 0.05) is 19.3 Å². The summed E-state index contributed by atoms with van der Waals surface area (Å²) in [5.74, 6) is -0.925. The molecule has 0 N–H and O–H groups in total. The molecule has 0 saturated heterocycles. The zero-order chi connectivity index (χ0) is 43.7. The second-order valence-corrected chi connectivity index (χ2v) is 16.7. The van der Waals surface area contributed by atoms with Gasteiger partial charge in [-0.3, -0.25) is 14.4 Å². The second kappa shape index (κ2) is 48.8. The Morgan fingerprint density at radius 1 is 0.333 bits per heavy atom. The number of hydrogen-bond acceptors (Lipinski definition) is 6. The van der Waals surface area contributed by atoms with Crippen LogP contribution in [0.2, 0.25) is 0 Å². The predicted octanol–water partition coefficient (Wildman–Crippen LogP) is 16.5. The standard InChI is InChI=1S/C54H94O6/c1-4-7-10-13-15-17-19-21-23-25-26-27-28-29-31-32-34-36-38-41-44-47-53(56)59-50-51(49-58-52(55)46-43-40-12-9-6-3)60-54(57)48-45-42-39-37-35-33-30-24-22-20-18-16-14-11-8-5-2/h18-21,24-26,28-30,51H,4-17,22-23,27,31-50H2,1-3H3/b20-18-,21-19-,26-25-,29-28-,30-24-. The smallest absolute Gasteiger partial charge is 0.306 e. The first-order valence-electron chi connectivity index (χ1n) is 25.3. The fraction of sp³-hybridized carbons (Fsp3) is 0.759. The molecule has 0 radical (unpaired) electrons. The zero-order valence-corrected chi connectivity index (χ0v) is 39.5. The van der Waals surface area contributed by atoms with E-state index in [0.717, 1.165) is 109 Å². The van der Waals surface area contributed by atoms with Crippen LogP contribution in [0.15, 0.2) is 60.8 Å². The molecular weight excluding hydrogens is 745 g/mol. The van der Waals surface area contributed by atoms with Crippen molar-refractivity contribution in [1.29, 1.82) is 0 Å². The van der Waals surface area contributed by atoms with E-state index in [-0.39, 0.29) is 31.1 Å². The lowest BCUT2D eigenvalue weighted by Crippen LogP contribution is -2.30. The molecule has 60 heavy (non-hydrogen) atoms. The van der Waals surface area contributed by atoms with Crippen LogP contribution in [0.1, 0.15) is 245 Å². The Morgan fingerprint density at radius 2 is 0.600 bits per heavy atom. The zero-order valence-electron chi connectivity index (χ0n) is 39.5. The molecule has 0 fully saturated rings. The predicted molar refractivity (Wildman–Crippen MR) is 256 cm³/mol. The van der Waals surface area contributed by atoms with E-state index < -0.39 is 6.10 Å². The highest BCUT2D eigenvalue weighted by molar-refractivity contribution is 5.71. The van der Waals surface area contributed by atoms with E-state index in [9.17, 15) is 14.4 Å². The van der Waals surface area contributed by atoms with Gasteiger partial charge < -0.3 is 14.2 Å². The summed E-state index contributed by atoms with van der Waals surface area (Å²) in [6.07, 6.45) is 59.5. The molecule has 0 aliphatic heterocycles. The van der Waals surface area contributed by atoms with Crippen LogP contribution in [-0.2, 0) is 28.6 Å². The molecule has 0 aliphatic rings. The molecule has 346 valence electrons. The maximum atomic E-state index is 12.7. The SMILES string of the molecule is CCCCCC/C=C\C/C=C\CCCCCCCC(=O)OC(COC(=O)CCCCCCC)COC(=O)CCCCCCCC/C=C\C/C=C\C/C=C\CCCCCCC. The second-order valence-electron chi connectivity index (χ2n) is 16.7. The highest BCUT2D eigenvalue weighted by Crippen LogP contribution is 2.13. The molecule has 0 saturated carbocycles. The number of carbonyl (C=O) groups excluding carboxylic acids is 3. The van der Waals surface area contributed by atoms with Gasteiger partial charge in [0.1, 0.15) is 13.2 Å². The Bertz CT molecular complexity index is 1100. The van der Waals surface area contributed by atoms with E-state index in [4.69, 9.17) is 14.2 Å². The van der Waals surface area contributed by atoms with Gasteiger partial charge in [0.05, 0.1) is 0 Å². The number of allylic oxidation sites excluding steroid dienone is 10. The lowest BCUT2D eigenvalue weighted by Gasteiger charge is -2.18. The summed E-state index contributed by atoms with van der Waals surface area (Å²) in [5.41, 5.74) is 0. The lowest BCUT2D eigenvalue weighted by atomic mass is 10.1. The Balaban J connectivity index is 4.22. The van der Waals surface area contributed by atoms with Crippen LogP contribution < -0.4 is 0 Å². The molecule has 0 aromatic rings. The molecule has 0 rings (SSSR count). The fourth-order valence-corrected chi connectivity index (χ4v) is 6.89. The number of carbonyl (C=O) groups is 3. The summed E-state index contributed by atoms with van der Waals surface area (Å²) >= 11 is 0. The van der Waals surface area contributed by atoms with E-state index in [0.29, 0.717) is 19.3 Å². The molecule has 0 heterocycles. The highest BCUT2D eigenvalue weighted by atomic mass is 16.6. The molecule has 0 aromatic heterocycles. The van der Waals surface area contributed by atoms with E-state index >= 15 is 0 Å². The Kier molecular flexibility index (Phi) is 46.4. The minimum Gasteiger partial charge on any atom is -0.462 e. The first-order valence-corrected chi connectivity index (χ1v) is 25.3. The van der Waals surface area contributed by atoms with E-state index in [1.807, 2.05) is 0 Å². The Morgan fingerprint density at radius 3 is 0.950 bits per heavy atom. The monoisotopic (exact) mass is 839 g/mol.